The Labute approximate surface area is 151 Å². The van der Waals surface area contributed by atoms with Crippen molar-refractivity contribution < 1.29 is 9.59 Å². The van der Waals surface area contributed by atoms with Crippen LogP contribution in [-0.2, 0) is 17.9 Å². The number of carbonyl (C=O) groups excluding carboxylic acids is 2. The molecule has 2 aromatic heterocycles. The lowest BCUT2D eigenvalue weighted by molar-refractivity contribution is -0.138. The van der Waals surface area contributed by atoms with Crippen molar-refractivity contribution in [2.24, 2.45) is 5.73 Å². The van der Waals surface area contributed by atoms with Crippen molar-refractivity contribution in [2.75, 3.05) is 19.6 Å². The molecule has 1 saturated heterocycles. The highest BCUT2D eigenvalue weighted by Gasteiger charge is 2.35. The maximum absolute atomic E-state index is 13.4. The minimum absolute atomic E-state index is 0.0646. The fraction of sp³-hybridized carbons (Fsp3) is 0.444. The lowest BCUT2D eigenvalue weighted by atomic mass is 10.1. The molecule has 0 saturated carbocycles. The molecule has 0 aliphatic carbocycles. The van der Waals surface area contributed by atoms with Gasteiger partial charge in [0, 0.05) is 25.5 Å². The third-order valence-electron chi connectivity index (χ3n) is 5.17. The minimum atomic E-state index is -0.492. The Hall–Kier alpha value is -2.74. The van der Waals surface area contributed by atoms with Gasteiger partial charge in [0.15, 0.2) is 0 Å². The van der Waals surface area contributed by atoms with Gasteiger partial charge in [0.05, 0.1) is 12.7 Å². The topological polar surface area (TPSA) is 97.3 Å². The van der Waals surface area contributed by atoms with E-state index in [0.29, 0.717) is 31.2 Å². The molecule has 136 valence electrons. The fourth-order valence-corrected chi connectivity index (χ4v) is 3.87. The summed E-state index contributed by atoms with van der Waals surface area (Å²) in [5.41, 5.74) is 6.71. The first-order chi connectivity index (χ1) is 12.6. The summed E-state index contributed by atoms with van der Waals surface area (Å²) in [4.78, 5) is 37.4. The molecule has 0 aromatic carbocycles. The number of amides is 2. The van der Waals surface area contributed by atoms with Gasteiger partial charge in [-0.2, -0.15) is 0 Å². The number of hydrogen-bond acceptors (Lipinski definition) is 5. The van der Waals surface area contributed by atoms with Crippen LogP contribution in [-0.4, -0.2) is 55.8 Å². The summed E-state index contributed by atoms with van der Waals surface area (Å²) in [5, 5.41) is 0. The van der Waals surface area contributed by atoms with Gasteiger partial charge in [-0.25, -0.2) is 4.98 Å². The van der Waals surface area contributed by atoms with E-state index in [-0.39, 0.29) is 11.9 Å². The van der Waals surface area contributed by atoms with Crippen LogP contribution in [0.25, 0.3) is 0 Å². The van der Waals surface area contributed by atoms with Gasteiger partial charge in [-0.15, -0.1) is 0 Å². The molecule has 0 radical (unpaired) electrons. The third kappa shape index (κ3) is 2.96. The summed E-state index contributed by atoms with van der Waals surface area (Å²) in [7, 11) is 0. The molecule has 8 nitrogen and oxygen atoms in total. The second-order valence-corrected chi connectivity index (χ2v) is 6.77. The number of carbonyl (C=O) groups is 2. The molecule has 2 aromatic rings. The van der Waals surface area contributed by atoms with Gasteiger partial charge in [-0.3, -0.25) is 19.5 Å². The van der Waals surface area contributed by atoms with E-state index in [1.807, 2.05) is 17.0 Å². The number of nitrogens with two attached hydrogens (primary N) is 1. The van der Waals surface area contributed by atoms with E-state index in [4.69, 9.17) is 5.73 Å². The molecular weight excluding hydrogens is 332 g/mol. The Kier molecular flexibility index (Phi) is 4.42. The number of fused-ring (bicyclic) bond motifs is 1. The molecular formula is C18H22N6O2. The Morgan fingerprint density at radius 2 is 1.92 bits per heavy atom. The smallest absolute Gasteiger partial charge is 0.266 e. The molecule has 26 heavy (non-hydrogen) atoms. The molecule has 8 heteroatoms. The zero-order chi connectivity index (χ0) is 18.1. The lowest BCUT2D eigenvalue weighted by Crippen LogP contribution is -2.45. The molecule has 4 rings (SSSR count). The maximum atomic E-state index is 13.4. The van der Waals surface area contributed by atoms with E-state index < -0.39 is 5.91 Å². The average Bonchev–Trinajstić information content (AvgIpc) is 3.32. The number of hydrogen-bond donors (Lipinski definition) is 1. The lowest BCUT2D eigenvalue weighted by Gasteiger charge is -2.34. The largest absolute Gasteiger partial charge is 0.364 e. The van der Waals surface area contributed by atoms with Crippen molar-refractivity contribution >= 4 is 11.8 Å². The van der Waals surface area contributed by atoms with E-state index in [1.165, 1.54) is 6.20 Å². The Morgan fingerprint density at radius 1 is 1.12 bits per heavy atom. The summed E-state index contributed by atoms with van der Waals surface area (Å²) in [6, 6.07) is 3.51. The summed E-state index contributed by atoms with van der Waals surface area (Å²) in [6.07, 6.45) is 7.20. The number of likely N-dealkylation sites (tertiary alicyclic amines) is 1. The van der Waals surface area contributed by atoms with Crippen molar-refractivity contribution in [3.8, 4) is 0 Å². The van der Waals surface area contributed by atoms with E-state index in [1.54, 1.807) is 17.0 Å². The predicted octanol–water partition coefficient (Wildman–Crippen LogP) is 0.556. The van der Waals surface area contributed by atoms with Gasteiger partial charge in [0.1, 0.15) is 17.6 Å². The van der Waals surface area contributed by atoms with Crippen LogP contribution < -0.4 is 5.73 Å². The molecule has 0 bridgehead atoms. The van der Waals surface area contributed by atoms with Crippen LogP contribution in [0.2, 0.25) is 0 Å². The molecule has 1 fully saturated rings. The molecule has 2 aliphatic heterocycles. The fourth-order valence-electron chi connectivity index (χ4n) is 3.87. The molecule has 2 amide bonds. The van der Waals surface area contributed by atoms with Crippen molar-refractivity contribution in [1.82, 2.24) is 24.3 Å². The number of imidazole rings is 1. The van der Waals surface area contributed by atoms with Crippen LogP contribution in [0.3, 0.4) is 0 Å². The predicted molar refractivity (Wildman–Crippen MR) is 93.9 cm³/mol. The highest BCUT2D eigenvalue weighted by molar-refractivity contribution is 5.91. The Balaban J connectivity index is 1.59. The first-order valence-electron chi connectivity index (χ1n) is 8.92. The van der Waals surface area contributed by atoms with Crippen molar-refractivity contribution in [3.05, 3.63) is 47.8 Å². The van der Waals surface area contributed by atoms with Crippen LogP contribution in [0, 0.1) is 0 Å². The minimum Gasteiger partial charge on any atom is -0.364 e. The van der Waals surface area contributed by atoms with Crippen LogP contribution in [0.1, 0.15) is 40.8 Å². The Bertz CT molecular complexity index is 812. The second-order valence-electron chi connectivity index (χ2n) is 6.77. The number of pyridine rings is 1. The van der Waals surface area contributed by atoms with Crippen molar-refractivity contribution in [1.29, 1.82) is 0 Å². The number of nitrogens with zero attached hydrogens (tertiary/aromatic N) is 5. The number of primary amides is 1. The average molecular weight is 354 g/mol. The zero-order valence-electron chi connectivity index (χ0n) is 14.5. The summed E-state index contributed by atoms with van der Waals surface area (Å²) >= 11 is 0. The summed E-state index contributed by atoms with van der Waals surface area (Å²) < 4.78 is 1.81. The van der Waals surface area contributed by atoms with E-state index in [2.05, 4.69) is 14.9 Å². The number of rotatable bonds is 4. The van der Waals surface area contributed by atoms with Crippen LogP contribution >= 0.6 is 0 Å². The first kappa shape index (κ1) is 16.7. The molecule has 2 N–H and O–H groups in total. The molecule has 1 atom stereocenters. The summed E-state index contributed by atoms with van der Waals surface area (Å²) in [5.74, 6) is 0.272. The van der Waals surface area contributed by atoms with Gasteiger partial charge in [0.2, 0.25) is 5.91 Å². The van der Waals surface area contributed by atoms with Gasteiger partial charge in [0.25, 0.3) is 5.91 Å². The van der Waals surface area contributed by atoms with E-state index in [9.17, 15) is 9.59 Å². The highest BCUT2D eigenvalue weighted by Crippen LogP contribution is 2.28. The molecule has 0 spiro atoms. The van der Waals surface area contributed by atoms with Gasteiger partial charge < -0.3 is 15.2 Å². The van der Waals surface area contributed by atoms with E-state index >= 15 is 0 Å². The van der Waals surface area contributed by atoms with Gasteiger partial charge in [-0.1, -0.05) is 6.07 Å². The van der Waals surface area contributed by atoms with Crippen molar-refractivity contribution in [3.63, 3.8) is 0 Å². The quantitative estimate of drug-likeness (QED) is 0.865. The SMILES string of the molecule is NC(=O)c1cnc2n1CCN(C(=O)[C@H](c1cccnc1)N1CCCC1)C2. The van der Waals surface area contributed by atoms with Crippen molar-refractivity contribution in [2.45, 2.75) is 32.0 Å². The van der Waals surface area contributed by atoms with Crippen LogP contribution in [0.5, 0.6) is 0 Å². The molecule has 0 unspecified atom stereocenters. The monoisotopic (exact) mass is 354 g/mol. The second kappa shape index (κ2) is 6.87. The number of aromatic nitrogens is 3. The standard InChI is InChI=1S/C18H22N6O2/c19-17(25)14-11-21-15-12-23(8-9-24(14)15)18(26)16(22-6-1-2-7-22)13-4-3-5-20-10-13/h3-5,10-11,16H,1-2,6-9,12H2,(H2,19,25)/t16-/m0/s1. The van der Waals surface area contributed by atoms with E-state index in [0.717, 1.165) is 31.5 Å². The van der Waals surface area contributed by atoms with Crippen LogP contribution in [0.4, 0.5) is 0 Å². The normalized spacial score (nSPS) is 18.5. The molecule has 2 aliphatic rings. The summed E-state index contributed by atoms with van der Waals surface area (Å²) in [6.45, 7) is 3.28. The third-order valence-corrected chi connectivity index (χ3v) is 5.17. The van der Waals surface area contributed by atoms with Crippen LogP contribution in [0.15, 0.2) is 30.7 Å². The highest BCUT2D eigenvalue weighted by atomic mass is 16.2. The Morgan fingerprint density at radius 3 is 2.62 bits per heavy atom. The maximum Gasteiger partial charge on any atom is 0.266 e. The molecule has 4 heterocycles. The first-order valence-corrected chi connectivity index (χ1v) is 8.92. The van der Waals surface area contributed by atoms with Gasteiger partial charge in [-0.05, 0) is 37.6 Å². The zero-order valence-corrected chi connectivity index (χ0v) is 14.5. The van der Waals surface area contributed by atoms with Gasteiger partial charge >= 0.3 is 0 Å².